The Morgan fingerprint density at radius 2 is 2.18 bits per heavy atom. The first kappa shape index (κ1) is 16.2. The first-order chi connectivity index (χ1) is 10.4. The molecule has 0 saturated carbocycles. The van der Waals surface area contributed by atoms with Crippen molar-refractivity contribution in [2.45, 2.75) is 19.0 Å². The minimum Gasteiger partial charge on any atom is -0.492 e. The summed E-state index contributed by atoms with van der Waals surface area (Å²) in [6.45, 7) is 2.51. The van der Waals surface area contributed by atoms with Crippen molar-refractivity contribution in [1.82, 2.24) is 4.90 Å². The fraction of sp³-hybridized carbons (Fsp3) is 0.467. The summed E-state index contributed by atoms with van der Waals surface area (Å²) in [5.74, 6) is -0.685. The monoisotopic (exact) mass is 309 g/mol. The van der Waals surface area contributed by atoms with Crippen molar-refractivity contribution in [3.05, 3.63) is 24.3 Å². The lowest BCUT2D eigenvalue weighted by Gasteiger charge is -2.18. The highest BCUT2D eigenvalue weighted by Gasteiger charge is 2.43. The van der Waals surface area contributed by atoms with Crippen LogP contribution in [0.15, 0.2) is 24.3 Å². The van der Waals surface area contributed by atoms with Crippen LogP contribution in [0.5, 0.6) is 5.75 Å². The summed E-state index contributed by atoms with van der Waals surface area (Å²) in [4.78, 5) is 24.7. The molecule has 1 aromatic rings. The highest BCUT2D eigenvalue weighted by molar-refractivity contribution is 5.94. The van der Waals surface area contributed by atoms with Gasteiger partial charge in [0, 0.05) is 19.5 Å². The second kappa shape index (κ2) is 6.74. The molecule has 1 saturated heterocycles. The van der Waals surface area contributed by atoms with Gasteiger partial charge in [0.15, 0.2) is 0 Å². The van der Waals surface area contributed by atoms with Crippen LogP contribution in [0.3, 0.4) is 0 Å². The van der Waals surface area contributed by atoms with E-state index in [0.717, 1.165) is 0 Å². The predicted molar refractivity (Wildman–Crippen MR) is 80.3 cm³/mol. The first-order valence-corrected chi connectivity index (χ1v) is 7.17. The number of ether oxygens (including phenoxy) is 1. The standard InChI is InChI=1S/C15H20FN3O3/c1-2-22-12-6-4-3-5-11(12)18-13(20)9-19-8-7-15(16,10-19)14(17)21/h3-6H,2,7-10H2,1H3,(H2,17,21)(H,18,20). The Labute approximate surface area is 128 Å². The Hall–Kier alpha value is -2.15. The van der Waals surface area contributed by atoms with E-state index < -0.39 is 11.6 Å². The predicted octanol–water partition coefficient (Wildman–Crippen LogP) is 0.923. The first-order valence-electron chi connectivity index (χ1n) is 7.17. The third-order valence-electron chi connectivity index (χ3n) is 3.57. The average molecular weight is 309 g/mol. The number of hydrogen-bond acceptors (Lipinski definition) is 4. The van der Waals surface area contributed by atoms with Gasteiger partial charge in [0.25, 0.3) is 5.91 Å². The van der Waals surface area contributed by atoms with Gasteiger partial charge in [-0.15, -0.1) is 0 Å². The van der Waals surface area contributed by atoms with Gasteiger partial charge >= 0.3 is 0 Å². The van der Waals surface area contributed by atoms with Crippen molar-refractivity contribution < 1.29 is 18.7 Å². The second-order valence-corrected chi connectivity index (χ2v) is 5.27. The molecule has 1 heterocycles. The zero-order valence-corrected chi connectivity index (χ0v) is 12.5. The van der Waals surface area contributed by atoms with Crippen molar-refractivity contribution in [2.75, 3.05) is 31.6 Å². The van der Waals surface area contributed by atoms with E-state index in [1.54, 1.807) is 23.1 Å². The number of benzene rings is 1. The van der Waals surface area contributed by atoms with Crippen LogP contribution in [0.2, 0.25) is 0 Å². The van der Waals surface area contributed by atoms with Crippen LogP contribution in [0.25, 0.3) is 0 Å². The summed E-state index contributed by atoms with van der Waals surface area (Å²) in [6, 6.07) is 7.09. The van der Waals surface area contributed by atoms with Gasteiger partial charge in [-0.3, -0.25) is 14.5 Å². The molecular weight excluding hydrogens is 289 g/mol. The van der Waals surface area contributed by atoms with E-state index in [2.05, 4.69) is 5.32 Å². The maximum atomic E-state index is 14.1. The molecule has 0 aliphatic carbocycles. The van der Waals surface area contributed by atoms with E-state index in [-0.39, 0.29) is 25.4 Å². The molecule has 1 aromatic carbocycles. The molecule has 120 valence electrons. The maximum absolute atomic E-state index is 14.1. The van der Waals surface area contributed by atoms with E-state index >= 15 is 0 Å². The van der Waals surface area contributed by atoms with Crippen LogP contribution in [0.1, 0.15) is 13.3 Å². The summed E-state index contributed by atoms with van der Waals surface area (Å²) in [7, 11) is 0. The van der Waals surface area contributed by atoms with Crippen LogP contribution in [-0.4, -0.2) is 48.6 Å². The number of nitrogens with zero attached hydrogens (tertiary/aromatic N) is 1. The number of hydrogen-bond donors (Lipinski definition) is 2. The summed E-state index contributed by atoms with van der Waals surface area (Å²) in [6.07, 6.45) is 0.0190. The number of rotatable bonds is 6. The van der Waals surface area contributed by atoms with E-state index in [1.165, 1.54) is 0 Å². The number of anilines is 1. The maximum Gasteiger partial charge on any atom is 0.256 e. The van der Waals surface area contributed by atoms with Gasteiger partial charge in [-0.05, 0) is 19.1 Å². The van der Waals surface area contributed by atoms with E-state index in [1.807, 2.05) is 13.0 Å². The van der Waals surface area contributed by atoms with E-state index in [9.17, 15) is 14.0 Å². The van der Waals surface area contributed by atoms with Gasteiger partial charge < -0.3 is 15.8 Å². The van der Waals surface area contributed by atoms with Crippen LogP contribution in [-0.2, 0) is 9.59 Å². The molecule has 0 spiro atoms. The van der Waals surface area contributed by atoms with Crippen molar-refractivity contribution in [1.29, 1.82) is 0 Å². The molecule has 0 aromatic heterocycles. The number of amides is 2. The molecule has 22 heavy (non-hydrogen) atoms. The molecule has 2 rings (SSSR count). The van der Waals surface area contributed by atoms with E-state index in [4.69, 9.17) is 10.5 Å². The Bertz CT molecular complexity index is 567. The number of carbonyl (C=O) groups excluding carboxylic acids is 2. The Kier molecular flexibility index (Phi) is 4.97. The number of primary amides is 1. The molecule has 3 N–H and O–H groups in total. The van der Waals surface area contributed by atoms with Gasteiger partial charge in [0.1, 0.15) is 5.75 Å². The molecule has 6 nitrogen and oxygen atoms in total. The van der Waals surface area contributed by atoms with Crippen molar-refractivity contribution in [2.24, 2.45) is 5.73 Å². The molecule has 1 fully saturated rings. The third kappa shape index (κ3) is 3.73. The van der Waals surface area contributed by atoms with Crippen molar-refractivity contribution in [3.8, 4) is 5.75 Å². The zero-order chi connectivity index (χ0) is 16.2. The molecule has 7 heteroatoms. The Morgan fingerprint density at radius 3 is 2.82 bits per heavy atom. The Morgan fingerprint density at radius 1 is 1.45 bits per heavy atom. The highest BCUT2D eigenvalue weighted by atomic mass is 19.1. The van der Waals surface area contributed by atoms with Crippen molar-refractivity contribution in [3.63, 3.8) is 0 Å². The number of likely N-dealkylation sites (tertiary alicyclic amines) is 1. The SMILES string of the molecule is CCOc1ccccc1NC(=O)CN1CCC(F)(C(N)=O)C1. The van der Waals surface area contributed by atoms with Gasteiger partial charge in [-0.25, -0.2) is 4.39 Å². The zero-order valence-electron chi connectivity index (χ0n) is 12.5. The molecule has 1 aliphatic heterocycles. The molecule has 1 atom stereocenters. The number of para-hydroxylation sites is 2. The number of carbonyl (C=O) groups is 2. The van der Waals surface area contributed by atoms with Gasteiger partial charge in [-0.2, -0.15) is 0 Å². The molecule has 1 aliphatic rings. The number of halogens is 1. The second-order valence-electron chi connectivity index (χ2n) is 5.27. The van der Waals surface area contributed by atoms with Crippen LogP contribution in [0.4, 0.5) is 10.1 Å². The van der Waals surface area contributed by atoms with Crippen molar-refractivity contribution >= 4 is 17.5 Å². The topological polar surface area (TPSA) is 84.7 Å². The number of nitrogens with one attached hydrogen (secondary N) is 1. The minimum atomic E-state index is -2.04. The fourth-order valence-corrected chi connectivity index (χ4v) is 2.43. The lowest BCUT2D eigenvalue weighted by Crippen LogP contribution is -2.43. The molecule has 0 radical (unpaired) electrons. The largest absolute Gasteiger partial charge is 0.492 e. The van der Waals surface area contributed by atoms with Gasteiger partial charge in [-0.1, -0.05) is 12.1 Å². The molecule has 2 amide bonds. The molecule has 1 unspecified atom stereocenters. The van der Waals surface area contributed by atoms with Crippen LogP contribution in [0, 0.1) is 0 Å². The van der Waals surface area contributed by atoms with Crippen LogP contribution < -0.4 is 15.8 Å². The highest BCUT2D eigenvalue weighted by Crippen LogP contribution is 2.26. The Balaban J connectivity index is 1.93. The fourth-order valence-electron chi connectivity index (χ4n) is 2.43. The number of nitrogens with two attached hydrogens (primary N) is 1. The van der Waals surface area contributed by atoms with E-state index in [0.29, 0.717) is 24.6 Å². The quantitative estimate of drug-likeness (QED) is 0.818. The molecule has 0 bridgehead atoms. The smallest absolute Gasteiger partial charge is 0.256 e. The van der Waals surface area contributed by atoms with Gasteiger partial charge in [0.05, 0.1) is 18.8 Å². The minimum absolute atomic E-state index is 0.000586. The summed E-state index contributed by atoms with van der Waals surface area (Å²) >= 11 is 0. The normalized spacial score (nSPS) is 21.5. The van der Waals surface area contributed by atoms with Crippen LogP contribution >= 0.6 is 0 Å². The number of alkyl halides is 1. The summed E-state index contributed by atoms with van der Waals surface area (Å²) in [5.41, 5.74) is 3.57. The molecular formula is C15H20FN3O3. The summed E-state index contributed by atoms with van der Waals surface area (Å²) < 4.78 is 19.5. The van der Waals surface area contributed by atoms with Gasteiger partial charge in [0.2, 0.25) is 11.6 Å². The lowest BCUT2D eigenvalue weighted by molar-refractivity contribution is -0.129. The lowest BCUT2D eigenvalue weighted by atomic mass is 10.1. The third-order valence-corrected chi connectivity index (χ3v) is 3.57. The average Bonchev–Trinajstić information content (AvgIpc) is 2.84. The summed E-state index contributed by atoms with van der Waals surface area (Å²) in [5, 5.41) is 2.73.